The first-order valence-corrected chi connectivity index (χ1v) is 7.61. The van der Waals surface area contributed by atoms with E-state index >= 15 is 0 Å². The second kappa shape index (κ2) is 6.37. The first kappa shape index (κ1) is 17.3. The zero-order chi connectivity index (χ0) is 16.4. The summed E-state index contributed by atoms with van der Waals surface area (Å²) in [5.41, 5.74) is -0.720. The van der Waals surface area contributed by atoms with Crippen molar-refractivity contribution in [1.82, 2.24) is 4.72 Å². The average molecular weight is 337 g/mol. The smallest absolute Gasteiger partial charge is 0.322 e. The van der Waals surface area contributed by atoms with Crippen LogP contribution in [0.4, 0.5) is 5.69 Å². The summed E-state index contributed by atoms with van der Waals surface area (Å²) in [6, 6.07) is 1.63. The predicted molar refractivity (Wildman–Crippen MR) is 74.7 cm³/mol. The van der Waals surface area contributed by atoms with Crippen LogP contribution in [0.3, 0.4) is 0 Å². The van der Waals surface area contributed by atoms with Gasteiger partial charge in [0.25, 0.3) is 5.69 Å². The van der Waals surface area contributed by atoms with Crippen LogP contribution in [0.25, 0.3) is 0 Å². The molecule has 0 aromatic heterocycles. The highest BCUT2D eigenvalue weighted by Crippen LogP contribution is 2.27. The molecule has 0 heterocycles. The van der Waals surface area contributed by atoms with Crippen molar-refractivity contribution in [3.05, 3.63) is 33.3 Å². The van der Waals surface area contributed by atoms with Crippen LogP contribution >= 0.6 is 11.6 Å². The number of benzene rings is 1. The lowest BCUT2D eigenvalue weighted by Gasteiger charge is -2.17. The van der Waals surface area contributed by atoms with Crippen molar-refractivity contribution < 1.29 is 23.2 Å². The van der Waals surface area contributed by atoms with Gasteiger partial charge in [-0.05, 0) is 18.1 Å². The van der Waals surface area contributed by atoms with Gasteiger partial charge in [0.1, 0.15) is 6.04 Å². The van der Waals surface area contributed by atoms with E-state index < -0.39 is 43.5 Å². The fraction of sp³-hybridized carbons (Fsp3) is 0.364. The molecule has 21 heavy (non-hydrogen) atoms. The number of carbonyl (C=O) groups is 1. The molecule has 0 unspecified atom stereocenters. The van der Waals surface area contributed by atoms with E-state index in [1.54, 1.807) is 0 Å². The highest BCUT2D eigenvalue weighted by Gasteiger charge is 2.32. The van der Waals surface area contributed by atoms with E-state index in [1.165, 1.54) is 19.9 Å². The maximum absolute atomic E-state index is 12.2. The number of nitrogens with zero attached hydrogens (tertiary/aromatic N) is 1. The van der Waals surface area contributed by atoms with Crippen LogP contribution < -0.4 is 4.72 Å². The quantitative estimate of drug-likeness (QED) is 0.600. The Morgan fingerprint density at radius 3 is 2.43 bits per heavy atom. The van der Waals surface area contributed by atoms with Gasteiger partial charge in [-0.25, -0.2) is 8.42 Å². The summed E-state index contributed by atoms with van der Waals surface area (Å²) in [6.45, 7) is 3.02. The number of nitrogens with one attached hydrogen (secondary N) is 1. The number of nitro benzene ring substituents is 1. The molecule has 1 atom stereocenters. The van der Waals surface area contributed by atoms with Crippen molar-refractivity contribution in [3.63, 3.8) is 0 Å². The van der Waals surface area contributed by atoms with Crippen LogP contribution in [0.2, 0.25) is 5.02 Å². The molecule has 0 bridgehead atoms. The summed E-state index contributed by atoms with van der Waals surface area (Å²) in [6.07, 6.45) is 0. The first-order chi connectivity index (χ1) is 9.56. The molecule has 0 amide bonds. The summed E-state index contributed by atoms with van der Waals surface area (Å²) in [5.74, 6) is -1.91. The number of hydrogen-bond donors (Lipinski definition) is 2. The monoisotopic (exact) mass is 336 g/mol. The highest BCUT2D eigenvalue weighted by molar-refractivity contribution is 7.89. The number of rotatable bonds is 6. The van der Waals surface area contributed by atoms with Gasteiger partial charge in [0.15, 0.2) is 4.90 Å². The van der Waals surface area contributed by atoms with Gasteiger partial charge >= 0.3 is 5.97 Å². The van der Waals surface area contributed by atoms with Crippen LogP contribution in [0.5, 0.6) is 0 Å². The Bertz CT molecular complexity index is 673. The summed E-state index contributed by atoms with van der Waals surface area (Å²) >= 11 is 5.60. The van der Waals surface area contributed by atoms with Gasteiger partial charge in [0.05, 0.1) is 4.92 Å². The molecule has 1 rings (SSSR count). The molecule has 1 aromatic rings. The van der Waals surface area contributed by atoms with E-state index in [2.05, 4.69) is 0 Å². The first-order valence-electron chi connectivity index (χ1n) is 5.75. The zero-order valence-electron chi connectivity index (χ0n) is 11.1. The molecule has 1 aromatic carbocycles. The summed E-state index contributed by atoms with van der Waals surface area (Å²) in [7, 11) is -4.37. The lowest BCUT2D eigenvalue weighted by atomic mass is 10.1. The topological polar surface area (TPSA) is 127 Å². The van der Waals surface area contributed by atoms with Crippen molar-refractivity contribution >= 4 is 33.3 Å². The third kappa shape index (κ3) is 4.13. The van der Waals surface area contributed by atoms with E-state index in [4.69, 9.17) is 16.7 Å². The summed E-state index contributed by atoms with van der Waals surface area (Å²) < 4.78 is 26.3. The van der Waals surface area contributed by atoms with Crippen LogP contribution in [0.1, 0.15) is 13.8 Å². The highest BCUT2D eigenvalue weighted by atomic mass is 35.5. The van der Waals surface area contributed by atoms with Gasteiger partial charge in [-0.15, -0.1) is 0 Å². The Morgan fingerprint density at radius 2 is 2.00 bits per heavy atom. The Morgan fingerprint density at radius 1 is 1.43 bits per heavy atom. The van der Waals surface area contributed by atoms with Crippen LogP contribution in [0, 0.1) is 16.0 Å². The fourth-order valence-corrected chi connectivity index (χ4v) is 3.22. The van der Waals surface area contributed by atoms with Crippen molar-refractivity contribution in [2.75, 3.05) is 0 Å². The predicted octanol–water partition coefficient (Wildman–Crippen LogP) is 1.64. The second-order valence-electron chi connectivity index (χ2n) is 4.55. The summed E-state index contributed by atoms with van der Waals surface area (Å²) in [5, 5.41) is 19.9. The number of carboxylic acids is 1. The number of nitro groups is 1. The van der Waals surface area contributed by atoms with Gasteiger partial charge in [0, 0.05) is 11.1 Å². The average Bonchev–Trinajstić information content (AvgIpc) is 2.34. The largest absolute Gasteiger partial charge is 0.480 e. The molecule has 0 aliphatic carbocycles. The van der Waals surface area contributed by atoms with Crippen molar-refractivity contribution in [3.8, 4) is 0 Å². The molecule has 0 saturated carbocycles. The number of aliphatic carboxylic acids is 1. The molecule has 10 heteroatoms. The molecule has 0 aliphatic heterocycles. The van der Waals surface area contributed by atoms with E-state index in [1.807, 2.05) is 4.72 Å². The van der Waals surface area contributed by atoms with E-state index in [-0.39, 0.29) is 5.02 Å². The van der Waals surface area contributed by atoms with Gasteiger partial charge in [-0.1, -0.05) is 25.4 Å². The molecule has 2 N–H and O–H groups in total. The van der Waals surface area contributed by atoms with Gasteiger partial charge < -0.3 is 5.11 Å². The van der Waals surface area contributed by atoms with E-state index in [9.17, 15) is 23.3 Å². The Kier molecular flexibility index (Phi) is 5.26. The molecule has 0 spiro atoms. The number of carboxylic acid groups (broad SMARTS) is 1. The zero-order valence-corrected chi connectivity index (χ0v) is 12.7. The standard InChI is InChI=1S/C11H13ClN2O6S/c1-6(2)10(11(15)16)13-21(19,20)9-4-3-7(12)5-8(9)14(17)18/h3-6,10,13H,1-2H3,(H,15,16)/t10-/m1/s1. The van der Waals surface area contributed by atoms with Crippen molar-refractivity contribution in [1.29, 1.82) is 0 Å². The summed E-state index contributed by atoms with van der Waals surface area (Å²) in [4.78, 5) is 20.4. The lowest BCUT2D eigenvalue weighted by molar-refractivity contribution is -0.387. The second-order valence-corrected chi connectivity index (χ2v) is 6.67. The maximum atomic E-state index is 12.2. The van der Waals surface area contributed by atoms with Crippen molar-refractivity contribution in [2.24, 2.45) is 5.92 Å². The fourth-order valence-electron chi connectivity index (χ4n) is 1.56. The van der Waals surface area contributed by atoms with Gasteiger partial charge in [0.2, 0.25) is 10.0 Å². The van der Waals surface area contributed by atoms with Crippen molar-refractivity contribution in [2.45, 2.75) is 24.8 Å². The Balaban J connectivity index is 3.32. The minimum atomic E-state index is -4.37. The molecule has 0 radical (unpaired) electrons. The Hall–Kier alpha value is -1.71. The maximum Gasteiger partial charge on any atom is 0.322 e. The van der Waals surface area contributed by atoms with Gasteiger partial charge in [-0.3, -0.25) is 14.9 Å². The number of sulfonamides is 1. The number of halogens is 1. The molecule has 8 nitrogen and oxygen atoms in total. The number of hydrogen-bond acceptors (Lipinski definition) is 5. The normalized spacial score (nSPS) is 13.1. The molecular weight excluding hydrogens is 324 g/mol. The van der Waals surface area contributed by atoms with Crippen LogP contribution in [-0.4, -0.2) is 30.5 Å². The third-order valence-corrected chi connectivity index (χ3v) is 4.35. The molecule has 116 valence electrons. The Labute approximate surface area is 125 Å². The van der Waals surface area contributed by atoms with Crippen LogP contribution in [-0.2, 0) is 14.8 Å². The van der Waals surface area contributed by atoms with E-state index in [0.29, 0.717) is 0 Å². The minimum absolute atomic E-state index is 0.000654. The molecule has 0 saturated heterocycles. The lowest BCUT2D eigenvalue weighted by Crippen LogP contribution is -2.44. The molecular formula is C11H13ClN2O6S. The molecule has 0 aliphatic rings. The minimum Gasteiger partial charge on any atom is -0.480 e. The molecule has 0 fully saturated rings. The SMILES string of the molecule is CC(C)[C@@H](NS(=O)(=O)c1ccc(Cl)cc1[N+](=O)[O-])C(=O)O. The van der Waals surface area contributed by atoms with E-state index in [0.717, 1.165) is 12.1 Å². The third-order valence-electron chi connectivity index (χ3n) is 2.62. The van der Waals surface area contributed by atoms with Crippen LogP contribution in [0.15, 0.2) is 23.1 Å². The van der Waals surface area contributed by atoms with Gasteiger partial charge in [-0.2, -0.15) is 4.72 Å².